The molecule has 4 rings (SSSR count). The van der Waals surface area contributed by atoms with Crippen LogP contribution in [0.3, 0.4) is 0 Å². The Balaban J connectivity index is 1.71. The molecule has 7 heteroatoms. The number of aromatic nitrogens is 2. The van der Waals surface area contributed by atoms with Gasteiger partial charge in [0.05, 0.1) is 24.4 Å². The lowest BCUT2D eigenvalue weighted by Crippen LogP contribution is -2.27. The number of H-pyrrole nitrogens is 1. The van der Waals surface area contributed by atoms with Crippen LogP contribution in [0.4, 0.5) is 4.39 Å². The number of rotatable bonds is 5. The zero-order valence-corrected chi connectivity index (χ0v) is 16.8. The van der Waals surface area contributed by atoms with Crippen LogP contribution in [0, 0.1) is 12.7 Å². The number of nitrogens with one attached hydrogen (secondary N) is 1. The van der Waals surface area contributed by atoms with Crippen molar-refractivity contribution in [3.05, 3.63) is 76.4 Å². The summed E-state index contributed by atoms with van der Waals surface area (Å²) >= 11 is 6.39. The van der Waals surface area contributed by atoms with Gasteiger partial charge in [-0.15, -0.1) is 0 Å². The van der Waals surface area contributed by atoms with E-state index in [1.807, 2.05) is 25.1 Å². The van der Waals surface area contributed by atoms with E-state index in [4.69, 9.17) is 16.1 Å². The van der Waals surface area contributed by atoms with Crippen LogP contribution in [0.2, 0.25) is 5.02 Å². The molecule has 1 amide bonds. The number of aromatic amines is 1. The molecule has 5 nitrogen and oxygen atoms in total. The maximum absolute atomic E-state index is 13.9. The van der Waals surface area contributed by atoms with Gasteiger partial charge in [0.1, 0.15) is 5.82 Å². The van der Waals surface area contributed by atoms with E-state index in [-0.39, 0.29) is 18.1 Å². The van der Waals surface area contributed by atoms with Crippen molar-refractivity contribution in [2.45, 2.75) is 19.9 Å². The molecule has 0 bridgehead atoms. The summed E-state index contributed by atoms with van der Waals surface area (Å²) in [6.07, 6.45) is 0.0909. The van der Waals surface area contributed by atoms with E-state index in [9.17, 15) is 9.18 Å². The van der Waals surface area contributed by atoms with Gasteiger partial charge in [-0.2, -0.15) is 0 Å². The third-order valence-electron chi connectivity index (χ3n) is 4.83. The van der Waals surface area contributed by atoms with E-state index in [2.05, 4.69) is 10.1 Å². The third kappa shape index (κ3) is 3.89. The average Bonchev–Trinajstić information content (AvgIpc) is 3.25. The van der Waals surface area contributed by atoms with Crippen LogP contribution in [-0.4, -0.2) is 28.0 Å². The number of likely N-dealkylation sites (N-methyl/N-ethyl adjacent to an activating group) is 1. The predicted molar refractivity (Wildman–Crippen MR) is 110 cm³/mol. The summed E-state index contributed by atoms with van der Waals surface area (Å²) in [7, 11) is 1.70. The highest BCUT2D eigenvalue weighted by Gasteiger charge is 2.21. The minimum Gasteiger partial charge on any atom is -0.359 e. The van der Waals surface area contributed by atoms with Crippen molar-refractivity contribution in [2.75, 3.05) is 7.05 Å². The Kier molecular flexibility index (Phi) is 5.11. The molecular weight excluding hydrogens is 393 g/mol. The Morgan fingerprint density at radius 3 is 2.76 bits per heavy atom. The highest BCUT2D eigenvalue weighted by Crippen LogP contribution is 2.35. The summed E-state index contributed by atoms with van der Waals surface area (Å²) in [5.41, 5.74) is 3.69. The van der Waals surface area contributed by atoms with Gasteiger partial charge >= 0.3 is 0 Å². The first-order valence-electron chi connectivity index (χ1n) is 9.13. The first-order chi connectivity index (χ1) is 13.9. The summed E-state index contributed by atoms with van der Waals surface area (Å²) in [6, 6.07) is 13.7. The Hall–Kier alpha value is -3.12. The SMILES string of the molecule is Cc1cc(CN(C)C(=O)Cc2c(-c3ccccc3Cl)[nH]c3ccc(F)cc23)on1. The zero-order chi connectivity index (χ0) is 20.5. The van der Waals surface area contributed by atoms with Gasteiger partial charge in [0.25, 0.3) is 0 Å². The molecule has 0 aliphatic heterocycles. The first-order valence-corrected chi connectivity index (χ1v) is 9.51. The molecule has 0 spiro atoms. The van der Waals surface area contributed by atoms with Crippen LogP contribution in [0.1, 0.15) is 17.0 Å². The highest BCUT2D eigenvalue weighted by atomic mass is 35.5. The third-order valence-corrected chi connectivity index (χ3v) is 5.16. The maximum atomic E-state index is 13.9. The Labute approximate surface area is 172 Å². The highest BCUT2D eigenvalue weighted by molar-refractivity contribution is 6.33. The largest absolute Gasteiger partial charge is 0.359 e. The molecular formula is C22H19ClFN3O2. The smallest absolute Gasteiger partial charge is 0.227 e. The molecule has 0 saturated carbocycles. The fourth-order valence-corrected chi connectivity index (χ4v) is 3.63. The van der Waals surface area contributed by atoms with E-state index in [0.717, 1.165) is 16.8 Å². The Morgan fingerprint density at radius 1 is 1.24 bits per heavy atom. The van der Waals surface area contributed by atoms with Crippen LogP contribution < -0.4 is 0 Å². The van der Waals surface area contributed by atoms with E-state index < -0.39 is 0 Å². The number of aryl methyl sites for hydroxylation is 1. The number of fused-ring (bicyclic) bond motifs is 1. The lowest BCUT2D eigenvalue weighted by molar-refractivity contribution is -0.129. The number of amides is 1. The second-order valence-electron chi connectivity index (χ2n) is 7.01. The normalized spacial score (nSPS) is 11.2. The van der Waals surface area contributed by atoms with Crippen LogP contribution in [0.25, 0.3) is 22.2 Å². The minimum atomic E-state index is -0.360. The molecule has 0 saturated heterocycles. The molecule has 2 aromatic heterocycles. The van der Waals surface area contributed by atoms with E-state index in [0.29, 0.717) is 34.0 Å². The number of hydrogen-bond acceptors (Lipinski definition) is 3. The minimum absolute atomic E-state index is 0.0909. The predicted octanol–water partition coefficient (Wildman–Crippen LogP) is 5.12. The van der Waals surface area contributed by atoms with Crippen molar-refractivity contribution in [1.29, 1.82) is 0 Å². The van der Waals surface area contributed by atoms with Crippen molar-refractivity contribution < 1.29 is 13.7 Å². The number of carbonyl (C=O) groups is 1. The van der Waals surface area contributed by atoms with Gasteiger partial charge in [0, 0.05) is 34.6 Å². The quantitative estimate of drug-likeness (QED) is 0.495. The van der Waals surface area contributed by atoms with E-state index >= 15 is 0 Å². The number of hydrogen-bond donors (Lipinski definition) is 1. The van der Waals surface area contributed by atoms with Crippen LogP contribution in [0.15, 0.2) is 53.1 Å². The second-order valence-corrected chi connectivity index (χ2v) is 7.42. The van der Waals surface area contributed by atoms with Gasteiger partial charge in [-0.1, -0.05) is 35.0 Å². The molecule has 148 valence electrons. The number of carbonyl (C=O) groups excluding carboxylic acids is 1. The summed E-state index contributed by atoms with van der Waals surface area (Å²) in [4.78, 5) is 17.8. The van der Waals surface area contributed by atoms with E-state index in [1.54, 1.807) is 30.1 Å². The molecule has 2 heterocycles. The van der Waals surface area contributed by atoms with Gasteiger partial charge in [0.2, 0.25) is 5.91 Å². The monoisotopic (exact) mass is 411 g/mol. The van der Waals surface area contributed by atoms with Gasteiger partial charge in [0.15, 0.2) is 5.76 Å². The van der Waals surface area contributed by atoms with Crippen molar-refractivity contribution >= 4 is 28.4 Å². The van der Waals surface area contributed by atoms with Crippen molar-refractivity contribution in [2.24, 2.45) is 0 Å². The Morgan fingerprint density at radius 2 is 2.03 bits per heavy atom. The molecule has 0 fully saturated rings. The molecule has 0 atom stereocenters. The standard InChI is InChI=1S/C22H19ClFN3O2/c1-13-9-15(29-26-13)12-27(2)21(28)11-18-17-10-14(24)7-8-20(17)25-22(18)16-5-3-4-6-19(16)23/h3-10,25H,11-12H2,1-2H3. The summed E-state index contributed by atoms with van der Waals surface area (Å²) in [6.45, 7) is 2.13. The lowest BCUT2D eigenvalue weighted by Gasteiger charge is -2.16. The fraction of sp³-hybridized carbons (Fsp3) is 0.182. The fourth-order valence-electron chi connectivity index (χ4n) is 3.40. The van der Waals surface area contributed by atoms with Crippen LogP contribution >= 0.6 is 11.6 Å². The van der Waals surface area contributed by atoms with Crippen LogP contribution in [0.5, 0.6) is 0 Å². The number of halogens is 2. The molecule has 2 aromatic carbocycles. The molecule has 0 aliphatic carbocycles. The van der Waals surface area contributed by atoms with Crippen molar-refractivity contribution in [3.8, 4) is 11.3 Å². The number of nitrogens with zero attached hydrogens (tertiary/aromatic N) is 2. The lowest BCUT2D eigenvalue weighted by atomic mass is 10.0. The average molecular weight is 412 g/mol. The molecule has 29 heavy (non-hydrogen) atoms. The van der Waals surface area contributed by atoms with Crippen LogP contribution in [-0.2, 0) is 17.8 Å². The topological polar surface area (TPSA) is 62.1 Å². The first kappa shape index (κ1) is 19.2. The second kappa shape index (κ2) is 7.72. The van der Waals surface area contributed by atoms with Gasteiger partial charge in [-0.25, -0.2) is 4.39 Å². The molecule has 1 N–H and O–H groups in total. The van der Waals surface area contributed by atoms with Crippen molar-refractivity contribution in [1.82, 2.24) is 15.0 Å². The zero-order valence-electron chi connectivity index (χ0n) is 16.0. The van der Waals surface area contributed by atoms with Crippen molar-refractivity contribution in [3.63, 3.8) is 0 Å². The molecule has 0 unspecified atom stereocenters. The molecule has 0 radical (unpaired) electrons. The number of benzene rings is 2. The molecule has 0 aliphatic rings. The summed E-state index contributed by atoms with van der Waals surface area (Å²) in [5, 5.41) is 5.06. The van der Waals surface area contributed by atoms with Gasteiger partial charge in [-0.3, -0.25) is 4.79 Å². The molecule has 4 aromatic rings. The van der Waals surface area contributed by atoms with Gasteiger partial charge < -0.3 is 14.4 Å². The summed E-state index contributed by atoms with van der Waals surface area (Å²) in [5.74, 6) is 0.119. The maximum Gasteiger partial charge on any atom is 0.227 e. The Bertz CT molecular complexity index is 1200. The summed E-state index contributed by atoms with van der Waals surface area (Å²) < 4.78 is 19.1. The van der Waals surface area contributed by atoms with Gasteiger partial charge in [-0.05, 0) is 36.8 Å². The van der Waals surface area contributed by atoms with E-state index in [1.165, 1.54) is 12.1 Å².